The maximum Gasteiger partial charge on any atom is 0.185 e. The Bertz CT molecular complexity index is 1450. The number of para-hydroxylation sites is 1. The SMILES string of the molecule is CCc1ccc(C(=O)[C@@H]2[C@H](c3ccc(OC)c(OC)c3)C(C#N)(C#N)[C@@H]3C=Cc4ccccc4N23)cc1. The van der Waals surface area contributed by atoms with Gasteiger partial charge >= 0.3 is 0 Å². The Morgan fingerprint density at radius 1 is 0.973 bits per heavy atom. The summed E-state index contributed by atoms with van der Waals surface area (Å²) in [6.07, 6.45) is 4.69. The molecule has 2 aliphatic rings. The van der Waals surface area contributed by atoms with Crippen molar-refractivity contribution in [3.63, 3.8) is 0 Å². The molecule has 0 unspecified atom stereocenters. The summed E-state index contributed by atoms with van der Waals surface area (Å²) in [6, 6.07) is 24.0. The van der Waals surface area contributed by atoms with Crippen LogP contribution in [0.2, 0.25) is 0 Å². The third-order valence-electron chi connectivity index (χ3n) is 7.60. The lowest BCUT2D eigenvalue weighted by molar-refractivity contribution is 0.0951. The smallest absolute Gasteiger partial charge is 0.185 e. The van der Waals surface area contributed by atoms with Crippen molar-refractivity contribution in [1.29, 1.82) is 10.5 Å². The van der Waals surface area contributed by atoms with Gasteiger partial charge < -0.3 is 14.4 Å². The van der Waals surface area contributed by atoms with E-state index in [0.717, 1.165) is 23.2 Å². The average molecular weight is 490 g/mol. The molecule has 0 spiro atoms. The standard InChI is InChI=1S/C31H27N3O3/c1-4-20-9-11-22(12-10-20)30(35)29-28(23-13-15-25(36-2)26(17-23)37-3)31(18-32,19-33)27-16-14-21-7-5-6-8-24(21)34(27)29/h5-17,27-29H,4H2,1-3H3/t27-,28-,29-/m0/s1. The largest absolute Gasteiger partial charge is 0.493 e. The van der Waals surface area contributed by atoms with E-state index >= 15 is 0 Å². The van der Waals surface area contributed by atoms with Crippen molar-refractivity contribution in [1.82, 2.24) is 0 Å². The number of hydrogen-bond acceptors (Lipinski definition) is 6. The second-order valence-electron chi connectivity index (χ2n) is 9.31. The normalized spacial score (nSPS) is 20.8. The molecule has 3 atom stereocenters. The monoisotopic (exact) mass is 489 g/mol. The molecule has 184 valence electrons. The van der Waals surface area contributed by atoms with E-state index in [1.54, 1.807) is 19.2 Å². The third kappa shape index (κ3) is 3.65. The van der Waals surface area contributed by atoms with E-state index in [1.165, 1.54) is 7.11 Å². The number of benzene rings is 3. The molecular weight excluding hydrogens is 462 g/mol. The molecule has 2 heterocycles. The maximum absolute atomic E-state index is 14.4. The second kappa shape index (κ2) is 9.48. The van der Waals surface area contributed by atoms with Gasteiger partial charge in [0.15, 0.2) is 22.7 Å². The highest BCUT2D eigenvalue weighted by Crippen LogP contribution is 2.56. The number of aryl methyl sites for hydroxylation is 1. The Morgan fingerprint density at radius 3 is 2.32 bits per heavy atom. The van der Waals surface area contributed by atoms with E-state index in [9.17, 15) is 15.3 Å². The van der Waals surface area contributed by atoms with Crippen LogP contribution >= 0.6 is 0 Å². The number of methoxy groups -OCH3 is 2. The van der Waals surface area contributed by atoms with Crippen LogP contribution in [-0.2, 0) is 6.42 Å². The molecule has 0 aromatic heterocycles. The first-order valence-corrected chi connectivity index (χ1v) is 12.3. The van der Waals surface area contributed by atoms with Gasteiger partial charge in [0, 0.05) is 17.2 Å². The first kappa shape index (κ1) is 24.2. The number of Topliss-reactive ketones (excluding diaryl/α,β-unsaturated/α-hetero) is 1. The number of anilines is 1. The van der Waals surface area contributed by atoms with Gasteiger partial charge in [0.25, 0.3) is 0 Å². The molecule has 2 aliphatic heterocycles. The molecule has 0 amide bonds. The van der Waals surface area contributed by atoms with Gasteiger partial charge in [-0.25, -0.2) is 0 Å². The zero-order valence-electron chi connectivity index (χ0n) is 21.0. The number of carbonyl (C=O) groups excluding carboxylic acids is 1. The summed E-state index contributed by atoms with van der Waals surface area (Å²) >= 11 is 0. The lowest BCUT2D eigenvalue weighted by Gasteiger charge is -2.35. The lowest BCUT2D eigenvalue weighted by Crippen LogP contribution is -2.44. The minimum absolute atomic E-state index is 0.134. The molecule has 0 bridgehead atoms. The zero-order chi connectivity index (χ0) is 26.2. The summed E-state index contributed by atoms with van der Waals surface area (Å²) < 4.78 is 11.0. The van der Waals surface area contributed by atoms with Gasteiger partial charge in [0.2, 0.25) is 0 Å². The van der Waals surface area contributed by atoms with E-state index in [0.29, 0.717) is 22.6 Å². The number of ether oxygens (including phenoxy) is 2. The Balaban J connectivity index is 1.76. The van der Waals surface area contributed by atoms with Gasteiger partial charge in [0.1, 0.15) is 6.04 Å². The molecule has 3 aromatic carbocycles. The third-order valence-corrected chi connectivity index (χ3v) is 7.60. The van der Waals surface area contributed by atoms with Crippen LogP contribution in [0.1, 0.15) is 39.9 Å². The lowest BCUT2D eigenvalue weighted by atomic mass is 9.69. The second-order valence-corrected chi connectivity index (χ2v) is 9.31. The van der Waals surface area contributed by atoms with Gasteiger partial charge in [0.05, 0.1) is 32.4 Å². The Morgan fingerprint density at radius 2 is 1.68 bits per heavy atom. The van der Waals surface area contributed by atoms with Crippen LogP contribution in [0.4, 0.5) is 5.69 Å². The van der Waals surface area contributed by atoms with Crippen molar-refractivity contribution < 1.29 is 14.3 Å². The molecular formula is C31H27N3O3. The molecule has 6 nitrogen and oxygen atoms in total. The summed E-state index contributed by atoms with van der Waals surface area (Å²) in [5.41, 5.74) is 2.60. The van der Waals surface area contributed by atoms with Crippen LogP contribution < -0.4 is 14.4 Å². The van der Waals surface area contributed by atoms with Crippen molar-refractivity contribution in [2.75, 3.05) is 19.1 Å². The first-order chi connectivity index (χ1) is 18.0. The maximum atomic E-state index is 14.4. The molecule has 5 rings (SSSR count). The molecule has 3 aromatic rings. The fourth-order valence-corrected chi connectivity index (χ4v) is 5.73. The van der Waals surface area contributed by atoms with Gasteiger partial charge in [-0.3, -0.25) is 4.79 Å². The van der Waals surface area contributed by atoms with Crippen molar-refractivity contribution in [3.8, 4) is 23.6 Å². The van der Waals surface area contributed by atoms with E-state index in [-0.39, 0.29) is 5.78 Å². The Labute approximate surface area is 217 Å². The van der Waals surface area contributed by atoms with Crippen LogP contribution in [-0.4, -0.2) is 32.1 Å². The molecule has 0 N–H and O–H groups in total. The number of carbonyl (C=O) groups is 1. The number of nitrogens with zero attached hydrogens (tertiary/aromatic N) is 3. The van der Waals surface area contributed by atoms with Crippen LogP contribution in [0.25, 0.3) is 6.08 Å². The van der Waals surface area contributed by atoms with E-state index in [2.05, 4.69) is 19.1 Å². The summed E-state index contributed by atoms with van der Waals surface area (Å²) in [6.45, 7) is 2.07. The van der Waals surface area contributed by atoms with Gasteiger partial charge in [-0.15, -0.1) is 0 Å². The highest BCUT2D eigenvalue weighted by molar-refractivity contribution is 6.04. The topological polar surface area (TPSA) is 86.3 Å². The first-order valence-electron chi connectivity index (χ1n) is 12.3. The van der Waals surface area contributed by atoms with Crippen molar-refractivity contribution in [2.45, 2.75) is 31.3 Å². The molecule has 6 heteroatoms. The predicted octanol–water partition coefficient (Wildman–Crippen LogP) is 5.55. The van der Waals surface area contributed by atoms with E-state index in [1.807, 2.05) is 71.6 Å². The fraction of sp³-hybridized carbons (Fsp3) is 0.258. The molecule has 0 aliphatic carbocycles. The molecule has 37 heavy (non-hydrogen) atoms. The minimum Gasteiger partial charge on any atom is -0.493 e. The number of nitriles is 2. The number of hydrogen-bond donors (Lipinski definition) is 0. The average Bonchev–Trinajstić information content (AvgIpc) is 3.27. The van der Waals surface area contributed by atoms with Crippen LogP contribution in [0.3, 0.4) is 0 Å². The summed E-state index contributed by atoms with van der Waals surface area (Å²) in [5, 5.41) is 21.2. The number of ketones is 1. The molecule has 1 saturated heterocycles. The highest BCUT2D eigenvalue weighted by Gasteiger charge is 2.63. The van der Waals surface area contributed by atoms with Crippen molar-refractivity contribution >= 4 is 17.5 Å². The van der Waals surface area contributed by atoms with Gasteiger partial charge in [-0.1, -0.05) is 67.6 Å². The quantitative estimate of drug-likeness (QED) is 0.422. The van der Waals surface area contributed by atoms with Crippen LogP contribution in [0.5, 0.6) is 11.5 Å². The van der Waals surface area contributed by atoms with Crippen molar-refractivity contribution in [2.24, 2.45) is 5.41 Å². The molecule has 0 saturated carbocycles. The van der Waals surface area contributed by atoms with E-state index < -0.39 is 23.4 Å². The molecule has 1 fully saturated rings. The van der Waals surface area contributed by atoms with Gasteiger partial charge in [-0.2, -0.15) is 10.5 Å². The highest BCUT2D eigenvalue weighted by atomic mass is 16.5. The Hall–Kier alpha value is -4.55. The molecule has 0 radical (unpaired) electrons. The van der Waals surface area contributed by atoms with Gasteiger partial charge in [-0.05, 0) is 41.3 Å². The minimum atomic E-state index is -1.52. The zero-order valence-corrected chi connectivity index (χ0v) is 21.0. The van der Waals surface area contributed by atoms with Crippen LogP contribution in [0, 0.1) is 28.1 Å². The summed E-state index contributed by atoms with van der Waals surface area (Å²) in [5.74, 6) is 0.125. The van der Waals surface area contributed by atoms with Crippen molar-refractivity contribution in [3.05, 3.63) is 95.1 Å². The fourth-order valence-electron chi connectivity index (χ4n) is 5.73. The number of rotatable bonds is 6. The summed E-state index contributed by atoms with van der Waals surface area (Å²) in [7, 11) is 3.09. The predicted molar refractivity (Wildman–Crippen MR) is 142 cm³/mol. The van der Waals surface area contributed by atoms with Crippen LogP contribution in [0.15, 0.2) is 72.8 Å². The summed E-state index contributed by atoms with van der Waals surface area (Å²) in [4.78, 5) is 16.3. The Kier molecular flexibility index (Phi) is 6.19. The number of fused-ring (bicyclic) bond motifs is 3. The van der Waals surface area contributed by atoms with E-state index in [4.69, 9.17) is 9.47 Å².